The van der Waals surface area contributed by atoms with Crippen molar-refractivity contribution in [3.8, 4) is 11.8 Å². The van der Waals surface area contributed by atoms with Crippen molar-refractivity contribution < 1.29 is 22.4 Å². The molecule has 0 aliphatic heterocycles. The third-order valence-corrected chi connectivity index (χ3v) is 3.96. The predicted octanol–water partition coefficient (Wildman–Crippen LogP) is 4.47. The van der Waals surface area contributed by atoms with Crippen molar-refractivity contribution in [2.24, 2.45) is 0 Å². The van der Waals surface area contributed by atoms with Gasteiger partial charge in [-0.3, -0.25) is 4.79 Å². The number of carbonyl (C=O) groups excluding carboxylic acids is 1. The molecule has 0 aliphatic rings. The average molecular weight is 371 g/mol. The number of hydrogen-bond acceptors (Lipinski definition) is 2. The molecule has 6 heteroatoms. The van der Waals surface area contributed by atoms with Gasteiger partial charge in [-0.1, -0.05) is 30.0 Å². The fourth-order valence-electron chi connectivity index (χ4n) is 2.63. The van der Waals surface area contributed by atoms with Crippen LogP contribution in [0, 0.1) is 18.8 Å². The first-order chi connectivity index (χ1) is 12.8. The van der Waals surface area contributed by atoms with E-state index in [0.717, 1.165) is 34.2 Å². The highest BCUT2D eigenvalue weighted by Crippen LogP contribution is 2.29. The lowest BCUT2D eigenvalue weighted by Gasteiger charge is -2.05. The van der Waals surface area contributed by atoms with Crippen molar-refractivity contribution in [2.45, 2.75) is 19.5 Å². The first-order valence-electron chi connectivity index (χ1n) is 8.22. The molecule has 0 fully saturated rings. The van der Waals surface area contributed by atoms with Crippen molar-refractivity contribution in [3.63, 3.8) is 0 Å². The Hall–Kier alpha value is -3.20. The average Bonchev–Trinajstić information content (AvgIpc) is 3.00. The number of aryl methyl sites for hydroxylation is 1. The zero-order valence-corrected chi connectivity index (χ0v) is 14.5. The minimum absolute atomic E-state index is 0.0456. The van der Waals surface area contributed by atoms with Gasteiger partial charge in [-0.25, -0.2) is 0 Å². The second-order valence-electron chi connectivity index (χ2n) is 6.09. The van der Waals surface area contributed by atoms with E-state index in [4.69, 9.17) is 4.42 Å². The number of rotatable bonds is 3. The summed E-state index contributed by atoms with van der Waals surface area (Å²) in [4.78, 5) is 12.0. The molecule has 0 atom stereocenters. The molecule has 0 unspecified atom stereocenters. The molecule has 3 aromatic rings. The summed E-state index contributed by atoms with van der Waals surface area (Å²) >= 11 is 0. The molecule has 0 saturated heterocycles. The second kappa shape index (κ2) is 7.58. The van der Waals surface area contributed by atoms with Crippen molar-refractivity contribution in [3.05, 3.63) is 71.0 Å². The summed E-state index contributed by atoms with van der Waals surface area (Å²) in [6.07, 6.45) is -2.71. The minimum atomic E-state index is -4.40. The van der Waals surface area contributed by atoms with Crippen molar-refractivity contribution in [1.82, 2.24) is 5.32 Å². The summed E-state index contributed by atoms with van der Waals surface area (Å²) in [5.74, 6) is 5.05. The Balaban J connectivity index is 1.58. The number of amides is 1. The molecular formula is C21H16F3NO2. The van der Waals surface area contributed by atoms with Gasteiger partial charge in [0, 0.05) is 16.5 Å². The van der Waals surface area contributed by atoms with E-state index in [1.54, 1.807) is 6.26 Å². The van der Waals surface area contributed by atoms with Gasteiger partial charge in [0.1, 0.15) is 5.58 Å². The van der Waals surface area contributed by atoms with Crippen LogP contribution in [0.2, 0.25) is 0 Å². The zero-order chi connectivity index (χ0) is 19.4. The Bertz CT molecular complexity index is 1040. The van der Waals surface area contributed by atoms with E-state index in [9.17, 15) is 18.0 Å². The van der Waals surface area contributed by atoms with Crippen LogP contribution < -0.4 is 5.32 Å². The quantitative estimate of drug-likeness (QED) is 0.691. The summed E-state index contributed by atoms with van der Waals surface area (Å²) in [5.41, 5.74) is 2.06. The minimum Gasteiger partial charge on any atom is -0.464 e. The van der Waals surface area contributed by atoms with E-state index in [0.29, 0.717) is 0 Å². The van der Waals surface area contributed by atoms with E-state index < -0.39 is 11.7 Å². The Kier molecular flexibility index (Phi) is 5.22. The van der Waals surface area contributed by atoms with Gasteiger partial charge in [0.05, 0.1) is 24.8 Å². The van der Waals surface area contributed by atoms with E-state index in [2.05, 4.69) is 17.2 Å². The molecule has 1 aromatic heterocycles. The number of furan rings is 1. The Morgan fingerprint density at radius 3 is 2.78 bits per heavy atom. The van der Waals surface area contributed by atoms with Gasteiger partial charge < -0.3 is 9.73 Å². The normalized spacial score (nSPS) is 11.1. The highest BCUT2D eigenvalue weighted by atomic mass is 19.4. The van der Waals surface area contributed by atoms with Crippen molar-refractivity contribution in [2.75, 3.05) is 6.54 Å². The number of halogens is 3. The molecule has 3 nitrogen and oxygen atoms in total. The molecule has 3 rings (SSSR count). The predicted molar refractivity (Wildman–Crippen MR) is 96.0 cm³/mol. The molecule has 1 heterocycles. The lowest BCUT2D eigenvalue weighted by molar-refractivity contribution is -0.137. The maximum Gasteiger partial charge on any atom is 0.416 e. The molecular weight excluding hydrogens is 355 g/mol. The summed E-state index contributed by atoms with van der Waals surface area (Å²) in [7, 11) is 0. The summed E-state index contributed by atoms with van der Waals surface area (Å²) in [6.45, 7) is 2.00. The van der Waals surface area contributed by atoms with Crippen LogP contribution >= 0.6 is 0 Å². The lowest BCUT2D eigenvalue weighted by Crippen LogP contribution is -2.25. The second-order valence-corrected chi connectivity index (χ2v) is 6.09. The number of fused-ring (bicyclic) bond motifs is 1. The third-order valence-electron chi connectivity index (χ3n) is 3.96. The van der Waals surface area contributed by atoms with Crippen molar-refractivity contribution in [1.29, 1.82) is 0 Å². The van der Waals surface area contributed by atoms with Gasteiger partial charge in [-0.05, 0) is 36.8 Å². The number of benzene rings is 2. The number of hydrogen-bond donors (Lipinski definition) is 1. The van der Waals surface area contributed by atoms with Gasteiger partial charge in [-0.2, -0.15) is 13.2 Å². The van der Waals surface area contributed by atoms with E-state index >= 15 is 0 Å². The number of alkyl halides is 3. The summed E-state index contributed by atoms with van der Waals surface area (Å²) < 4.78 is 43.4. The fraction of sp³-hybridized carbons (Fsp3) is 0.190. The van der Waals surface area contributed by atoms with Crippen LogP contribution in [0.5, 0.6) is 0 Å². The van der Waals surface area contributed by atoms with Crippen LogP contribution in [0.1, 0.15) is 22.3 Å². The lowest BCUT2D eigenvalue weighted by atomic mass is 10.1. The Morgan fingerprint density at radius 1 is 1.19 bits per heavy atom. The first-order valence-corrected chi connectivity index (χ1v) is 8.22. The standard InChI is InChI=1S/C21H16F3NO2/c1-14-7-8-18-16(13-27-19(18)10-14)12-20(26)25-9-3-5-15-4-2-6-17(11-15)21(22,23)24/h2,4,6-8,10-11,13H,9,12H2,1H3,(H,25,26). The van der Waals surface area contributed by atoms with Gasteiger partial charge in [0.2, 0.25) is 5.91 Å². The van der Waals surface area contributed by atoms with Crippen LogP contribution in [0.15, 0.2) is 53.1 Å². The number of carbonyl (C=O) groups is 1. The smallest absolute Gasteiger partial charge is 0.416 e. The van der Waals surface area contributed by atoms with Crippen LogP contribution in [-0.2, 0) is 17.4 Å². The SMILES string of the molecule is Cc1ccc2c(CC(=O)NCC#Cc3cccc(C(F)(F)F)c3)coc2c1. The van der Waals surface area contributed by atoms with Gasteiger partial charge in [0.25, 0.3) is 0 Å². The van der Waals surface area contributed by atoms with Gasteiger partial charge in [-0.15, -0.1) is 0 Å². The molecule has 1 N–H and O–H groups in total. The number of nitrogens with one attached hydrogen (secondary N) is 1. The van der Waals surface area contributed by atoms with Gasteiger partial charge in [0.15, 0.2) is 0 Å². The molecule has 0 bridgehead atoms. The molecule has 138 valence electrons. The van der Waals surface area contributed by atoms with Gasteiger partial charge >= 0.3 is 6.18 Å². The monoisotopic (exact) mass is 371 g/mol. The van der Waals surface area contributed by atoms with Crippen molar-refractivity contribution >= 4 is 16.9 Å². The fourth-order valence-corrected chi connectivity index (χ4v) is 2.63. The molecule has 0 aliphatic carbocycles. The molecule has 27 heavy (non-hydrogen) atoms. The Morgan fingerprint density at radius 2 is 2.00 bits per heavy atom. The highest BCUT2D eigenvalue weighted by molar-refractivity contribution is 5.88. The van der Waals surface area contributed by atoms with E-state index in [1.165, 1.54) is 12.1 Å². The Labute approximate surface area is 154 Å². The highest BCUT2D eigenvalue weighted by Gasteiger charge is 2.30. The third kappa shape index (κ3) is 4.70. The molecule has 0 spiro atoms. The molecule has 2 aromatic carbocycles. The van der Waals surface area contributed by atoms with Crippen LogP contribution in [0.3, 0.4) is 0 Å². The van der Waals surface area contributed by atoms with Crippen LogP contribution in [-0.4, -0.2) is 12.5 Å². The van der Waals surface area contributed by atoms with E-state index in [-0.39, 0.29) is 24.4 Å². The first kappa shape index (κ1) is 18.6. The molecule has 0 radical (unpaired) electrons. The molecule has 1 amide bonds. The van der Waals surface area contributed by atoms with Crippen LogP contribution in [0.4, 0.5) is 13.2 Å². The largest absolute Gasteiger partial charge is 0.464 e. The zero-order valence-electron chi connectivity index (χ0n) is 14.5. The maximum absolute atomic E-state index is 12.7. The summed E-state index contributed by atoms with van der Waals surface area (Å²) in [5, 5.41) is 3.52. The summed E-state index contributed by atoms with van der Waals surface area (Å²) in [6, 6.07) is 10.5. The van der Waals surface area contributed by atoms with Crippen LogP contribution in [0.25, 0.3) is 11.0 Å². The topological polar surface area (TPSA) is 42.2 Å². The van der Waals surface area contributed by atoms with E-state index in [1.807, 2.05) is 25.1 Å². The molecule has 0 saturated carbocycles. The maximum atomic E-state index is 12.7.